The predicted molar refractivity (Wildman–Crippen MR) is 90.6 cm³/mol. The zero-order valence-electron chi connectivity index (χ0n) is 15.7. The molecule has 0 aromatic heterocycles. The molecule has 0 bridgehead atoms. The van der Waals surface area contributed by atoms with Gasteiger partial charge in [-0.1, -0.05) is 41.5 Å². The second-order valence-corrected chi connectivity index (χ2v) is 8.27. The molecule has 5 heteroatoms. The zero-order valence-corrected chi connectivity index (χ0v) is 15.7. The first-order valence-electron chi connectivity index (χ1n) is 8.26. The van der Waals surface area contributed by atoms with Gasteiger partial charge in [-0.2, -0.15) is 0 Å². The lowest BCUT2D eigenvalue weighted by Crippen LogP contribution is -2.20. The molecule has 0 aliphatic rings. The van der Waals surface area contributed by atoms with Crippen molar-refractivity contribution in [2.45, 2.75) is 54.4 Å². The molecule has 0 aliphatic heterocycles. The Labute approximate surface area is 141 Å². The van der Waals surface area contributed by atoms with E-state index in [-0.39, 0.29) is 35.6 Å². The number of Topliss-reactive ketones (excluding diaryl/α,β-unsaturated/α-hetero) is 2. The Morgan fingerprint density at radius 1 is 0.609 bits per heavy atom. The summed E-state index contributed by atoms with van der Waals surface area (Å²) in [5.41, 5.74) is -0.00257. The van der Waals surface area contributed by atoms with Gasteiger partial charge in [-0.05, 0) is 10.8 Å². The van der Waals surface area contributed by atoms with Crippen molar-refractivity contribution in [3.05, 3.63) is 0 Å². The topological polar surface area (TPSA) is 61.8 Å². The van der Waals surface area contributed by atoms with Crippen LogP contribution in [-0.2, 0) is 23.8 Å². The standard InChI is InChI=1S/C18H34O5/c1-17(2,3)11-15(19)13-22-9-7-21-8-10-23-14-16(20)12-18(4,5)6/h7-14H2,1-6H3. The Bertz CT molecular complexity index is 315. The summed E-state index contributed by atoms with van der Waals surface area (Å²) < 4.78 is 15.9. The van der Waals surface area contributed by atoms with Gasteiger partial charge in [0.05, 0.1) is 26.4 Å². The zero-order chi connectivity index (χ0) is 17.9. The minimum absolute atomic E-state index is 0.00128. The van der Waals surface area contributed by atoms with Gasteiger partial charge in [-0.15, -0.1) is 0 Å². The van der Waals surface area contributed by atoms with E-state index in [4.69, 9.17) is 14.2 Å². The number of rotatable bonds is 12. The summed E-state index contributed by atoms with van der Waals surface area (Å²) in [6.07, 6.45) is 1.04. The van der Waals surface area contributed by atoms with E-state index in [2.05, 4.69) is 0 Å². The van der Waals surface area contributed by atoms with Crippen molar-refractivity contribution in [2.24, 2.45) is 10.8 Å². The molecular weight excluding hydrogens is 296 g/mol. The first-order valence-corrected chi connectivity index (χ1v) is 8.26. The van der Waals surface area contributed by atoms with Crippen LogP contribution in [0.4, 0.5) is 0 Å². The highest BCUT2D eigenvalue weighted by Gasteiger charge is 2.16. The summed E-state index contributed by atoms with van der Waals surface area (Å²) in [7, 11) is 0. The highest BCUT2D eigenvalue weighted by Crippen LogP contribution is 2.19. The van der Waals surface area contributed by atoms with Crippen molar-refractivity contribution in [1.82, 2.24) is 0 Å². The second kappa shape index (κ2) is 10.9. The SMILES string of the molecule is CC(C)(C)CC(=O)COCCOCCOCC(=O)CC(C)(C)C. The summed E-state index contributed by atoms with van der Waals surface area (Å²) in [5, 5.41) is 0. The lowest BCUT2D eigenvalue weighted by molar-refractivity contribution is -0.125. The third-order valence-corrected chi connectivity index (χ3v) is 2.73. The average Bonchev–Trinajstić information content (AvgIpc) is 2.32. The third kappa shape index (κ3) is 17.4. The number of carbonyl (C=O) groups is 2. The molecule has 23 heavy (non-hydrogen) atoms. The van der Waals surface area contributed by atoms with Gasteiger partial charge in [0.25, 0.3) is 0 Å². The Kier molecular flexibility index (Phi) is 10.5. The van der Waals surface area contributed by atoms with Crippen LogP contribution in [0.25, 0.3) is 0 Å². The largest absolute Gasteiger partial charge is 0.377 e. The van der Waals surface area contributed by atoms with E-state index in [0.29, 0.717) is 39.3 Å². The van der Waals surface area contributed by atoms with Crippen LogP contribution in [0.2, 0.25) is 0 Å². The Morgan fingerprint density at radius 2 is 0.913 bits per heavy atom. The molecule has 0 N–H and O–H groups in total. The van der Waals surface area contributed by atoms with Crippen molar-refractivity contribution in [2.75, 3.05) is 39.6 Å². The van der Waals surface area contributed by atoms with Crippen molar-refractivity contribution in [1.29, 1.82) is 0 Å². The fourth-order valence-corrected chi connectivity index (χ4v) is 1.99. The lowest BCUT2D eigenvalue weighted by atomic mass is 9.90. The molecule has 0 saturated heterocycles. The maximum atomic E-state index is 11.6. The van der Waals surface area contributed by atoms with E-state index in [1.54, 1.807) is 0 Å². The predicted octanol–water partition coefficient (Wildman–Crippen LogP) is 3.05. The number of ether oxygens (including phenoxy) is 3. The van der Waals surface area contributed by atoms with Gasteiger partial charge in [0.1, 0.15) is 13.2 Å². The van der Waals surface area contributed by atoms with E-state index in [0.717, 1.165) is 0 Å². The van der Waals surface area contributed by atoms with Crippen molar-refractivity contribution in [3.8, 4) is 0 Å². The Balaban J connectivity index is 3.41. The molecule has 0 spiro atoms. The van der Waals surface area contributed by atoms with Gasteiger partial charge in [-0.25, -0.2) is 0 Å². The summed E-state index contributed by atoms with van der Waals surface area (Å²) in [6, 6.07) is 0. The molecule has 0 aromatic carbocycles. The number of hydrogen-bond donors (Lipinski definition) is 0. The van der Waals surface area contributed by atoms with E-state index in [1.165, 1.54) is 0 Å². The summed E-state index contributed by atoms with van der Waals surface area (Å²) >= 11 is 0. The molecule has 0 heterocycles. The van der Waals surface area contributed by atoms with Crippen LogP contribution in [0.15, 0.2) is 0 Å². The monoisotopic (exact) mass is 330 g/mol. The van der Waals surface area contributed by atoms with E-state index in [1.807, 2.05) is 41.5 Å². The van der Waals surface area contributed by atoms with Crippen LogP contribution in [-0.4, -0.2) is 51.2 Å². The molecule has 0 aliphatic carbocycles. The maximum absolute atomic E-state index is 11.6. The molecule has 0 rings (SSSR count). The molecule has 0 saturated carbocycles. The summed E-state index contributed by atoms with van der Waals surface area (Å²) in [5.74, 6) is 0.219. The molecule has 0 radical (unpaired) electrons. The third-order valence-electron chi connectivity index (χ3n) is 2.73. The first kappa shape index (κ1) is 22.2. The van der Waals surface area contributed by atoms with Gasteiger partial charge in [0.15, 0.2) is 11.6 Å². The van der Waals surface area contributed by atoms with E-state index in [9.17, 15) is 9.59 Å². The smallest absolute Gasteiger partial charge is 0.158 e. The van der Waals surface area contributed by atoms with Crippen LogP contribution in [0.3, 0.4) is 0 Å². The van der Waals surface area contributed by atoms with Crippen LogP contribution in [0.1, 0.15) is 54.4 Å². The summed E-state index contributed by atoms with van der Waals surface area (Å²) in [6.45, 7) is 14.1. The van der Waals surface area contributed by atoms with Gasteiger partial charge in [-0.3, -0.25) is 9.59 Å². The van der Waals surface area contributed by atoms with Crippen molar-refractivity contribution in [3.63, 3.8) is 0 Å². The normalized spacial score (nSPS) is 12.4. The van der Waals surface area contributed by atoms with Crippen molar-refractivity contribution >= 4 is 11.6 Å². The van der Waals surface area contributed by atoms with Crippen LogP contribution in [0.5, 0.6) is 0 Å². The highest BCUT2D eigenvalue weighted by molar-refractivity contribution is 5.80. The lowest BCUT2D eigenvalue weighted by Gasteiger charge is -2.16. The van der Waals surface area contributed by atoms with E-state index >= 15 is 0 Å². The molecule has 0 aromatic rings. The molecule has 0 fully saturated rings. The molecule has 0 amide bonds. The maximum Gasteiger partial charge on any atom is 0.158 e. The van der Waals surface area contributed by atoms with Gasteiger partial charge in [0, 0.05) is 12.8 Å². The first-order chi connectivity index (χ1) is 10.5. The minimum Gasteiger partial charge on any atom is -0.377 e. The van der Waals surface area contributed by atoms with Crippen molar-refractivity contribution < 1.29 is 23.8 Å². The second-order valence-electron chi connectivity index (χ2n) is 8.27. The summed E-state index contributed by atoms with van der Waals surface area (Å²) in [4.78, 5) is 23.2. The molecule has 0 atom stereocenters. The number of hydrogen-bond acceptors (Lipinski definition) is 5. The van der Waals surface area contributed by atoms with Gasteiger partial charge in [0.2, 0.25) is 0 Å². The molecule has 5 nitrogen and oxygen atoms in total. The number of carbonyl (C=O) groups excluding carboxylic acids is 2. The Hall–Kier alpha value is -0.780. The molecular formula is C18H34O5. The van der Waals surface area contributed by atoms with Crippen LogP contribution >= 0.6 is 0 Å². The van der Waals surface area contributed by atoms with Crippen LogP contribution in [0, 0.1) is 10.8 Å². The minimum atomic E-state index is -0.00128. The van der Waals surface area contributed by atoms with Crippen LogP contribution < -0.4 is 0 Å². The fourth-order valence-electron chi connectivity index (χ4n) is 1.99. The van der Waals surface area contributed by atoms with E-state index < -0.39 is 0 Å². The van der Waals surface area contributed by atoms with Gasteiger partial charge >= 0.3 is 0 Å². The quantitative estimate of drug-likeness (QED) is 0.515. The Morgan fingerprint density at radius 3 is 1.22 bits per heavy atom. The highest BCUT2D eigenvalue weighted by atomic mass is 16.5. The fraction of sp³-hybridized carbons (Fsp3) is 0.889. The number of ketones is 2. The van der Waals surface area contributed by atoms with Gasteiger partial charge < -0.3 is 14.2 Å². The average molecular weight is 330 g/mol. The molecule has 0 unspecified atom stereocenters. The molecule has 136 valence electrons.